The molecule has 1 aliphatic rings. The van der Waals surface area contributed by atoms with Crippen LogP contribution in [0.4, 0.5) is 35.4 Å². The van der Waals surface area contributed by atoms with Crippen LogP contribution in [-0.4, -0.2) is 98.1 Å². The van der Waals surface area contributed by atoms with Gasteiger partial charge in [0.05, 0.1) is 4.90 Å². The molecular formula is C41H48N14S2. The van der Waals surface area contributed by atoms with Crippen molar-refractivity contribution in [2.75, 3.05) is 73.8 Å². The quantitative estimate of drug-likeness (QED) is 0.0836. The van der Waals surface area contributed by atoms with Crippen molar-refractivity contribution in [3.63, 3.8) is 0 Å². The predicted molar refractivity (Wildman–Crippen MR) is 229 cm³/mol. The molecule has 2 aromatic carbocycles. The number of piperazine rings is 1. The van der Waals surface area contributed by atoms with Crippen LogP contribution in [0.15, 0.2) is 111 Å². The lowest BCUT2D eigenvalue weighted by Crippen LogP contribution is -2.45. The van der Waals surface area contributed by atoms with Gasteiger partial charge in [0.1, 0.15) is 23.3 Å². The van der Waals surface area contributed by atoms with E-state index in [1.165, 1.54) is 10.5 Å². The van der Waals surface area contributed by atoms with Crippen LogP contribution in [0.5, 0.6) is 0 Å². The van der Waals surface area contributed by atoms with Crippen LogP contribution in [0.3, 0.4) is 0 Å². The van der Waals surface area contributed by atoms with Gasteiger partial charge in [0.25, 0.3) is 0 Å². The zero-order chi connectivity index (χ0) is 39.4. The number of nitrogens with zero attached hydrogens (tertiary/aromatic N) is 11. The maximum absolute atomic E-state index is 4.79. The van der Waals surface area contributed by atoms with E-state index in [4.69, 9.17) is 15.0 Å². The number of nitrogens with one attached hydrogen (secondary N) is 3. The van der Waals surface area contributed by atoms with Crippen molar-refractivity contribution in [3.8, 4) is 0 Å². The van der Waals surface area contributed by atoms with Crippen molar-refractivity contribution in [1.29, 1.82) is 0 Å². The molecule has 57 heavy (non-hydrogen) atoms. The van der Waals surface area contributed by atoms with Crippen LogP contribution < -0.4 is 25.8 Å². The summed E-state index contributed by atoms with van der Waals surface area (Å²) in [7, 11) is 4.14. The maximum atomic E-state index is 4.79. The van der Waals surface area contributed by atoms with Crippen LogP contribution in [-0.2, 0) is 19.4 Å². The molecule has 14 nitrogen and oxygen atoms in total. The minimum absolute atomic E-state index is 0.478. The summed E-state index contributed by atoms with van der Waals surface area (Å²) in [6.45, 7) is 10.1. The molecule has 1 aliphatic heterocycles. The smallest absolute Gasteiger partial charge is 0.233 e. The number of rotatable bonds is 17. The second-order valence-corrected chi connectivity index (χ2v) is 15.7. The Bertz CT molecular complexity index is 2180. The van der Waals surface area contributed by atoms with Crippen molar-refractivity contribution < 1.29 is 0 Å². The molecule has 294 valence electrons. The first-order valence-electron chi connectivity index (χ1n) is 19.2. The summed E-state index contributed by atoms with van der Waals surface area (Å²) in [5, 5.41) is 10.2. The van der Waals surface area contributed by atoms with Crippen LogP contribution >= 0.6 is 23.5 Å². The number of hydrogen-bond donors (Lipinski definition) is 3. The van der Waals surface area contributed by atoms with Gasteiger partial charge in [-0.05, 0) is 61.1 Å². The first kappa shape index (κ1) is 39.8. The van der Waals surface area contributed by atoms with E-state index >= 15 is 0 Å². The fraction of sp³-hybridized carbons (Fsp3) is 0.317. The highest BCUT2D eigenvalue weighted by atomic mass is 32.2. The molecule has 0 saturated carbocycles. The standard InChI is InChI=1S/C41H48N14S2/c1-5-34-45-38(47-36-19-18-32(28-44-36)56-30-11-8-7-9-12-30)51-40(48-34)54(4)22-21-42-27-29-14-16-31(17-15-29)57-33-13-10-20-43-37(33)50-39-46-35(6-2)49-41(52-39)55-25-23-53(3)24-26-55/h7-20,28,42H,5-6,21-27H2,1-4H3,(H,43,46,49,50,52)(H,44,45,47,48,51). The van der Waals surface area contributed by atoms with Gasteiger partial charge in [-0.15, -0.1) is 0 Å². The molecule has 3 N–H and O–H groups in total. The topological polar surface area (TPSA) is 149 Å². The maximum Gasteiger partial charge on any atom is 0.233 e. The average molecular weight is 801 g/mol. The Hall–Kier alpha value is -5.42. The van der Waals surface area contributed by atoms with E-state index in [1.54, 1.807) is 29.7 Å². The summed E-state index contributed by atoms with van der Waals surface area (Å²) in [6.07, 6.45) is 5.06. The van der Waals surface area contributed by atoms with E-state index in [9.17, 15) is 0 Å². The van der Waals surface area contributed by atoms with E-state index in [-0.39, 0.29) is 0 Å². The van der Waals surface area contributed by atoms with Crippen molar-refractivity contribution in [2.45, 2.75) is 52.8 Å². The van der Waals surface area contributed by atoms with Crippen LogP contribution in [0.25, 0.3) is 0 Å². The lowest BCUT2D eigenvalue weighted by molar-refractivity contribution is 0.311. The molecule has 7 rings (SSSR count). The lowest BCUT2D eigenvalue weighted by atomic mass is 10.2. The SMILES string of the molecule is CCc1nc(Nc2ccc(Sc3ccccc3)cn2)nc(N(C)CCNCc2ccc(Sc3cccnc3Nc3nc(CC)nc(N4CCN(C)CC4)n3)cc2)n1. The molecule has 1 saturated heterocycles. The third kappa shape index (κ3) is 11.3. The van der Waals surface area contributed by atoms with Crippen LogP contribution in [0, 0.1) is 0 Å². The molecule has 5 heterocycles. The van der Waals surface area contributed by atoms with Gasteiger partial charge in [-0.3, -0.25) is 0 Å². The third-order valence-corrected chi connectivity index (χ3v) is 11.2. The van der Waals surface area contributed by atoms with Crippen molar-refractivity contribution >= 4 is 59.0 Å². The molecule has 0 unspecified atom stereocenters. The Balaban J connectivity index is 0.901. The predicted octanol–water partition coefficient (Wildman–Crippen LogP) is 6.74. The number of benzene rings is 2. The second-order valence-electron chi connectivity index (χ2n) is 13.5. The van der Waals surface area contributed by atoms with E-state index in [1.807, 2.05) is 61.5 Å². The molecule has 0 radical (unpaired) electrons. The summed E-state index contributed by atoms with van der Waals surface area (Å²) < 4.78 is 0. The van der Waals surface area contributed by atoms with Gasteiger partial charge in [0.2, 0.25) is 23.8 Å². The van der Waals surface area contributed by atoms with Crippen LogP contribution in [0.2, 0.25) is 0 Å². The highest BCUT2D eigenvalue weighted by Crippen LogP contribution is 2.33. The minimum atomic E-state index is 0.478. The summed E-state index contributed by atoms with van der Waals surface area (Å²) in [5.74, 6) is 5.19. The zero-order valence-corrected chi connectivity index (χ0v) is 34.4. The summed E-state index contributed by atoms with van der Waals surface area (Å²) in [5.41, 5.74) is 1.20. The van der Waals surface area contributed by atoms with Gasteiger partial charge in [0, 0.05) is 92.8 Å². The fourth-order valence-electron chi connectivity index (χ4n) is 5.87. The van der Waals surface area contributed by atoms with E-state index in [0.717, 1.165) is 78.6 Å². The Kier molecular flexibility index (Phi) is 13.7. The van der Waals surface area contributed by atoms with Gasteiger partial charge in [-0.1, -0.05) is 67.7 Å². The first-order chi connectivity index (χ1) is 27.9. The number of pyridine rings is 2. The Morgan fingerprint density at radius 1 is 0.684 bits per heavy atom. The number of aryl methyl sites for hydroxylation is 2. The molecule has 0 aliphatic carbocycles. The first-order valence-corrected chi connectivity index (χ1v) is 20.8. The summed E-state index contributed by atoms with van der Waals surface area (Å²) in [6, 6.07) is 26.8. The fourth-order valence-corrected chi connectivity index (χ4v) is 7.55. The molecule has 16 heteroatoms. The van der Waals surface area contributed by atoms with Crippen LogP contribution in [0.1, 0.15) is 31.1 Å². The van der Waals surface area contributed by atoms with E-state index < -0.39 is 0 Å². The molecule has 4 aromatic heterocycles. The largest absolute Gasteiger partial charge is 0.342 e. The van der Waals surface area contributed by atoms with E-state index in [0.29, 0.717) is 41.8 Å². The van der Waals surface area contributed by atoms with Gasteiger partial charge in [-0.25, -0.2) is 9.97 Å². The molecular weight excluding hydrogens is 753 g/mol. The Morgan fingerprint density at radius 2 is 1.40 bits per heavy atom. The number of hydrogen-bond acceptors (Lipinski definition) is 16. The Morgan fingerprint density at radius 3 is 2.14 bits per heavy atom. The van der Waals surface area contributed by atoms with Crippen molar-refractivity contribution in [3.05, 3.63) is 108 Å². The third-order valence-electron chi connectivity index (χ3n) is 9.16. The molecule has 1 fully saturated rings. The van der Waals surface area contributed by atoms with Gasteiger partial charge in [0.15, 0.2) is 0 Å². The van der Waals surface area contributed by atoms with Gasteiger partial charge >= 0.3 is 0 Å². The van der Waals surface area contributed by atoms with Crippen molar-refractivity contribution in [1.82, 2.24) is 50.1 Å². The second kappa shape index (κ2) is 19.6. The molecule has 0 amide bonds. The van der Waals surface area contributed by atoms with Crippen molar-refractivity contribution in [2.24, 2.45) is 0 Å². The Labute approximate surface area is 342 Å². The monoisotopic (exact) mass is 800 g/mol. The number of likely N-dealkylation sites (N-methyl/N-ethyl adjacent to an activating group) is 2. The number of anilines is 6. The minimum Gasteiger partial charge on any atom is -0.342 e. The highest BCUT2D eigenvalue weighted by molar-refractivity contribution is 7.99. The normalized spacial score (nSPS) is 13.1. The summed E-state index contributed by atoms with van der Waals surface area (Å²) in [4.78, 5) is 48.3. The molecule has 0 bridgehead atoms. The van der Waals surface area contributed by atoms with Gasteiger partial charge < -0.3 is 30.7 Å². The molecule has 0 atom stereocenters. The van der Waals surface area contributed by atoms with Gasteiger partial charge in [-0.2, -0.15) is 29.9 Å². The average Bonchev–Trinajstić information content (AvgIpc) is 3.24. The lowest BCUT2D eigenvalue weighted by Gasteiger charge is -2.32. The zero-order valence-electron chi connectivity index (χ0n) is 32.8. The summed E-state index contributed by atoms with van der Waals surface area (Å²) >= 11 is 3.32. The van der Waals surface area contributed by atoms with E-state index in [2.05, 4.69) is 107 Å². The number of aromatic nitrogens is 8. The molecule has 6 aromatic rings. The molecule has 0 spiro atoms. The highest BCUT2D eigenvalue weighted by Gasteiger charge is 2.19.